The third-order valence-corrected chi connectivity index (χ3v) is 10.4. The highest BCUT2D eigenvalue weighted by Crippen LogP contribution is 2.23. The molecule has 0 spiro atoms. The van der Waals surface area contributed by atoms with Gasteiger partial charge in [-0.2, -0.15) is 0 Å². The van der Waals surface area contributed by atoms with Crippen molar-refractivity contribution in [1.82, 2.24) is 4.90 Å². The molecule has 128 valence electrons. The summed E-state index contributed by atoms with van der Waals surface area (Å²) < 4.78 is 0. The van der Waals surface area contributed by atoms with Crippen LogP contribution in [0.25, 0.3) is 0 Å². The maximum atomic E-state index is 12.7. The standard InChI is InChI=1S/C19H33NOSi2/c1-16(19(21)20-11-13-23(5,6)14-12-20)15-17-7-9-18(10-8-17)22(2,3)4/h7-10,16H,11-15H2,1-6H3. The van der Waals surface area contributed by atoms with Crippen molar-refractivity contribution in [3.8, 4) is 0 Å². The lowest BCUT2D eigenvalue weighted by Gasteiger charge is -2.37. The fourth-order valence-electron chi connectivity index (χ4n) is 3.23. The van der Waals surface area contributed by atoms with Gasteiger partial charge in [0.1, 0.15) is 0 Å². The van der Waals surface area contributed by atoms with Crippen LogP contribution in [0.4, 0.5) is 0 Å². The minimum Gasteiger partial charge on any atom is -0.343 e. The SMILES string of the molecule is CC(Cc1ccc([Si](C)(C)C)cc1)C(=O)N1CC[Si](C)(C)CC1. The highest BCUT2D eigenvalue weighted by Gasteiger charge is 2.31. The summed E-state index contributed by atoms with van der Waals surface area (Å²) in [5.74, 6) is 0.444. The second kappa shape index (κ2) is 6.93. The molecule has 1 amide bonds. The fourth-order valence-corrected chi connectivity index (χ4v) is 6.39. The molecule has 1 aromatic carbocycles. The van der Waals surface area contributed by atoms with Gasteiger partial charge in [-0.25, -0.2) is 0 Å². The molecular weight excluding hydrogens is 314 g/mol. The second-order valence-electron chi connectivity index (χ2n) is 9.04. The Hall–Kier alpha value is -0.876. The molecule has 1 unspecified atom stereocenters. The quantitative estimate of drug-likeness (QED) is 0.755. The van der Waals surface area contributed by atoms with E-state index in [1.165, 1.54) is 22.8 Å². The topological polar surface area (TPSA) is 20.3 Å². The summed E-state index contributed by atoms with van der Waals surface area (Å²) in [4.78, 5) is 14.8. The van der Waals surface area contributed by atoms with E-state index in [1.807, 2.05) is 0 Å². The largest absolute Gasteiger partial charge is 0.343 e. The molecule has 2 nitrogen and oxygen atoms in total. The van der Waals surface area contributed by atoms with Crippen molar-refractivity contribution < 1.29 is 4.79 Å². The Kier molecular flexibility index (Phi) is 5.57. The summed E-state index contributed by atoms with van der Waals surface area (Å²) in [6, 6.07) is 11.5. The first-order valence-corrected chi connectivity index (χ1v) is 15.9. The Morgan fingerprint density at radius 3 is 2.13 bits per heavy atom. The molecule has 0 aromatic heterocycles. The third-order valence-electron chi connectivity index (χ3n) is 5.21. The van der Waals surface area contributed by atoms with E-state index in [9.17, 15) is 4.79 Å². The van der Waals surface area contributed by atoms with Crippen molar-refractivity contribution >= 4 is 27.2 Å². The summed E-state index contributed by atoms with van der Waals surface area (Å²) in [6.45, 7) is 16.1. The van der Waals surface area contributed by atoms with E-state index < -0.39 is 16.1 Å². The third kappa shape index (κ3) is 5.05. The molecule has 1 atom stereocenters. The lowest BCUT2D eigenvalue weighted by molar-refractivity contribution is -0.134. The fraction of sp³-hybridized carbons (Fsp3) is 0.632. The minimum absolute atomic E-state index is 0.0932. The molecule has 1 aromatic rings. The highest BCUT2D eigenvalue weighted by atomic mass is 28.3. The van der Waals surface area contributed by atoms with Gasteiger partial charge in [0.05, 0.1) is 16.1 Å². The molecule has 0 bridgehead atoms. The van der Waals surface area contributed by atoms with Gasteiger partial charge >= 0.3 is 0 Å². The van der Waals surface area contributed by atoms with Crippen molar-refractivity contribution in [3.63, 3.8) is 0 Å². The number of hydrogen-bond acceptors (Lipinski definition) is 1. The molecule has 1 fully saturated rings. The molecule has 1 aliphatic rings. The maximum Gasteiger partial charge on any atom is 0.225 e. The molecule has 1 aliphatic heterocycles. The summed E-state index contributed by atoms with van der Waals surface area (Å²) in [7, 11) is -2.23. The monoisotopic (exact) mass is 347 g/mol. The molecule has 0 N–H and O–H groups in total. The van der Waals surface area contributed by atoms with Gasteiger partial charge in [0.15, 0.2) is 0 Å². The van der Waals surface area contributed by atoms with Crippen LogP contribution in [0.15, 0.2) is 24.3 Å². The van der Waals surface area contributed by atoms with E-state index in [1.54, 1.807) is 0 Å². The predicted molar refractivity (Wildman–Crippen MR) is 106 cm³/mol. The van der Waals surface area contributed by atoms with Gasteiger partial charge in [-0.3, -0.25) is 4.79 Å². The second-order valence-corrected chi connectivity index (χ2v) is 19.4. The van der Waals surface area contributed by atoms with E-state index in [2.05, 4.69) is 68.8 Å². The zero-order chi connectivity index (χ0) is 17.3. The van der Waals surface area contributed by atoms with Crippen molar-refractivity contribution in [2.75, 3.05) is 13.1 Å². The van der Waals surface area contributed by atoms with Crippen molar-refractivity contribution in [2.45, 2.75) is 58.2 Å². The highest BCUT2D eigenvalue weighted by molar-refractivity contribution is 6.88. The molecule has 4 heteroatoms. The van der Waals surface area contributed by atoms with Gasteiger partial charge in [0, 0.05) is 19.0 Å². The zero-order valence-electron chi connectivity index (χ0n) is 15.8. The van der Waals surface area contributed by atoms with Crippen molar-refractivity contribution in [1.29, 1.82) is 0 Å². The maximum absolute atomic E-state index is 12.7. The minimum atomic E-state index is -1.23. The van der Waals surface area contributed by atoms with Gasteiger partial charge < -0.3 is 4.90 Å². The average Bonchev–Trinajstić information content (AvgIpc) is 2.46. The van der Waals surface area contributed by atoms with Crippen LogP contribution in [-0.4, -0.2) is 40.0 Å². The number of rotatable bonds is 4. The number of nitrogens with zero attached hydrogens (tertiary/aromatic N) is 1. The lowest BCUT2D eigenvalue weighted by Crippen LogP contribution is -2.47. The Balaban J connectivity index is 1.93. The Morgan fingerprint density at radius 2 is 1.65 bits per heavy atom. The number of hydrogen-bond donors (Lipinski definition) is 0. The van der Waals surface area contributed by atoms with Gasteiger partial charge in [0.2, 0.25) is 5.91 Å². The van der Waals surface area contributed by atoms with Crippen LogP contribution < -0.4 is 5.19 Å². The first-order valence-electron chi connectivity index (χ1n) is 8.97. The first-order chi connectivity index (χ1) is 10.6. The Morgan fingerprint density at radius 1 is 1.13 bits per heavy atom. The summed E-state index contributed by atoms with van der Waals surface area (Å²) in [5.41, 5.74) is 1.29. The van der Waals surface area contributed by atoms with E-state index in [0.29, 0.717) is 5.91 Å². The van der Waals surface area contributed by atoms with E-state index in [4.69, 9.17) is 0 Å². The number of benzene rings is 1. The molecule has 0 aliphatic carbocycles. The number of amides is 1. The van der Waals surface area contributed by atoms with Crippen LogP contribution in [0.1, 0.15) is 12.5 Å². The van der Waals surface area contributed by atoms with Crippen LogP contribution in [0, 0.1) is 5.92 Å². The smallest absolute Gasteiger partial charge is 0.225 e. The molecule has 23 heavy (non-hydrogen) atoms. The van der Waals surface area contributed by atoms with Crippen LogP contribution >= 0.6 is 0 Å². The van der Waals surface area contributed by atoms with Gasteiger partial charge in [-0.15, -0.1) is 0 Å². The van der Waals surface area contributed by atoms with Crippen molar-refractivity contribution in [2.24, 2.45) is 5.92 Å². The summed E-state index contributed by atoms with van der Waals surface area (Å²) in [6.07, 6.45) is 0.863. The summed E-state index contributed by atoms with van der Waals surface area (Å²) in [5, 5.41) is 1.49. The normalized spacial score (nSPS) is 19.5. The summed E-state index contributed by atoms with van der Waals surface area (Å²) >= 11 is 0. The number of carbonyl (C=O) groups is 1. The molecule has 2 rings (SSSR count). The van der Waals surface area contributed by atoms with E-state index in [0.717, 1.165) is 19.5 Å². The first kappa shape index (κ1) is 18.5. The van der Waals surface area contributed by atoms with Gasteiger partial charge in [0.25, 0.3) is 0 Å². The number of carbonyl (C=O) groups excluding carboxylic acids is 1. The zero-order valence-corrected chi connectivity index (χ0v) is 17.8. The Bertz CT molecular complexity index is 535. The molecular formula is C19H33NOSi2. The van der Waals surface area contributed by atoms with E-state index >= 15 is 0 Å². The van der Waals surface area contributed by atoms with Gasteiger partial charge in [-0.05, 0) is 24.1 Å². The Labute approximate surface area is 144 Å². The van der Waals surface area contributed by atoms with Crippen molar-refractivity contribution in [3.05, 3.63) is 29.8 Å². The molecule has 1 saturated heterocycles. The van der Waals surface area contributed by atoms with Crippen LogP contribution in [0.3, 0.4) is 0 Å². The van der Waals surface area contributed by atoms with Gasteiger partial charge in [-0.1, -0.05) is 69.1 Å². The van der Waals surface area contributed by atoms with Crippen LogP contribution in [-0.2, 0) is 11.2 Å². The van der Waals surface area contributed by atoms with E-state index in [-0.39, 0.29) is 5.92 Å². The predicted octanol–water partition coefficient (Wildman–Crippen LogP) is 3.96. The molecule has 1 heterocycles. The molecule has 0 saturated carbocycles. The average molecular weight is 348 g/mol. The van der Waals surface area contributed by atoms with Crippen LogP contribution in [0.5, 0.6) is 0 Å². The molecule has 0 radical (unpaired) electrons. The lowest BCUT2D eigenvalue weighted by atomic mass is 10.00. The van der Waals surface area contributed by atoms with Crippen LogP contribution in [0.2, 0.25) is 44.8 Å².